The highest BCUT2D eigenvalue weighted by Crippen LogP contribution is 2.33. The molecule has 5 rings (SSSR count). The van der Waals surface area contributed by atoms with E-state index in [0.29, 0.717) is 11.5 Å². The van der Waals surface area contributed by atoms with Crippen molar-refractivity contribution < 1.29 is 32.2 Å². The highest BCUT2D eigenvalue weighted by atomic mass is 32.2. The van der Waals surface area contributed by atoms with Crippen LogP contribution in [0.4, 0.5) is 5.69 Å². The van der Waals surface area contributed by atoms with Crippen molar-refractivity contribution in [3.8, 4) is 17.2 Å². The molecular weight excluding hydrogens is 642 g/mol. The molecule has 0 radical (unpaired) electrons. The SMILES string of the molecule is COc1ccc(S(=O)(=O)N(CC(=O)N(Cc2cccc(OC)c2)C(Cc2ccccc2)C(=O)NC2CCCC2)c2ccccc2OC)cc1. The van der Waals surface area contributed by atoms with E-state index in [2.05, 4.69) is 5.32 Å². The van der Waals surface area contributed by atoms with Crippen molar-refractivity contribution in [2.75, 3.05) is 32.2 Å². The van der Waals surface area contributed by atoms with Gasteiger partial charge in [-0.1, -0.05) is 67.4 Å². The molecule has 11 heteroatoms. The summed E-state index contributed by atoms with van der Waals surface area (Å²) < 4.78 is 46.1. The van der Waals surface area contributed by atoms with Crippen molar-refractivity contribution in [2.24, 2.45) is 0 Å². The Morgan fingerprint density at radius 3 is 2.10 bits per heavy atom. The summed E-state index contributed by atoms with van der Waals surface area (Å²) in [5, 5.41) is 3.19. The maximum Gasteiger partial charge on any atom is 0.264 e. The van der Waals surface area contributed by atoms with E-state index in [9.17, 15) is 18.0 Å². The van der Waals surface area contributed by atoms with Crippen LogP contribution in [0.2, 0.25) is 0 Å². The number of hydrogen-bond acceptors (Lipinski definition) is 7. The number of ether oxygens (including phenoxy) is 3. The fraction of sp³-hybridized carbons (Fsp3) is 0.316. The lowest BCUT2D eigenvalue weighted by molar-refractivity contribution is -0.140. The van der Waals surface area contributed by atoms with Crippen LogP contribution in [-0.4, -0.2) is 65.1 Å². The van der Waals surface area contributed by atoms with Crippen LogP contribution in [-0.2, 0) is 32.6 Å². The van der Waals surface area contributed by atoms with Gasteiger partial charge >= 0.3 is 0 Å². The maximum atomic E-state index is 14.8. The van der Waals surface area contributed by atoms with Crippen LogP contribution < -0.4 is 23.8 Å². The summed E-state index contributed by atoms with van der Waals surface area (Å²) in [6, 6.07) is 28.4. The Morgan fingerprint density at radius 1 is 0.776 bits per heavy atom. The molecule has 1 aliphatic carbocycles. The van der Waals surface area contributed by atoms with Crippen molar-refractivity contribution in [3.05, 3.63) is 114 Å². The zero-order chi connectivity index (χ0) is 34.8. The zero-order valence-electron chi connectivity index (χ0n) is 28.1. The third kappa shape index (κ3) is 8.72. The number of amides is 2. The van der Waals surface area contributed by atoms with E-state index in [1.165, 1.54) is 31.3 Å². The van der Waals surface area contributed by atoms with Gasteiger partial charge in [-0.3, -0.25) is 13.9 Å². The lowest BCUT2D eigenvalue weighted by Crippen LogP contribution is -2.54. The molecule has 1 unspecified atom stereocenters. The van der Waals surface area contributed by atoms with Crippen LogP contribution in [0.15, 0.2) is 108 Å². The van der Waals surface area contributed by atoms with Gasteiger partial charge in [-0.15, -0.1) is 0 Å². The second-order valence-electron chi connectivity index (χ2n) is 11.9. The third-order valence-electron chi connectivity index (χ3n) is 8.74. The molecule has 1 N–H and O–H groups in total. The van der Waals surface area contributed by atoms with E-state index < -0.39 is 28.5 Å². The molecule has 258 valence electrons. The molecule has 1 fully saturated rings. The normalized spacial score (nSPS) is 13.7. The number of anilines is 1. The molecular formula is C38H43N3O7S. The monoisotopic (exact) mass is 685 g/mol. The summed E-state index contributed by atoms with van der Waals surface area (Å²) in [5.74, 6) is 0.506. The number of para-hydroxylation sites is 2. The lowest BCUT2D eigenvalue weighted by Gasteiger charge is -2.34. The molecule has 0 aromatic heterocycles. The van der Waals surface area contributed by atoms with E-state index in [4.69, 9.17) is 14.2 Å². The molecule has 0 spiro atoms. The number of methoxy groups -OCH3 is 3. The van der Waals surface area contributed by atoms with E-state index >= 15 is 0 Å². The predicted octanol–water partition coefficient (Wildman–Crippen LogP) is 5.61. The third-order valence-corrected chi connectivity index (χ3v) is 10.5. The van der Waals surface area contributed by atoms with Gasteiger partial charge in [-0.25, -0.2) is 8.42 Å². The van der Waals surface area contributed by atoms with Crippen molar-refractivity contribution >= 4 is 27.5 Å². The van der Waals surface area contributed by atoms with Gasteiger partial charge in [0.2, 0.25) is 11.8 Å². The van der Waals surface area contributed by atoms with Crippen LogP contribution in [0.1, 0.15) is 36.8 Å². The average molecular weight is 686 g/mol. The first-order chi connectivity index (χ1) is 23.7. The molecule has 4 aromatic carbocycles. The first kappa shape index (κ1) is 35.3. The number of hydrogen-bond donors (Lipinski definition) is 1. The van der Waals surface area contributed by atoms with E-state index in [1.807, 2.05) is 42.5 Å². The molecule has 2 amide bonds. The molecule has 1 saturated carbocycles. The van der Waals surface area contributed by atoms with Gasteiger partial charge in [-0.2, -0.15) is 0 Å². The Hall–Kier alpha value is -5.03. The number of carbonyl (C=O) groups excluding carboxylic acids is 2. The Balaban J connectivity index is 1.59. The Kier molecular flexibility index (Phi) is 11.8. The van der Waals surface area contributed by atoms with Gasteiger partial charge in [0.15, 0.2) is 0 Å². The quantitative estimate of drug-likeness (QED) is 0.173. The van der Waals surface area contributed by atoms with Crippen LogP contribution in [0.3, 0.4) is 0 Å². The first-order valence-corrected chi connectivity index (χ1v) is 17.7. The van der Waals surface area contributed by atoms with Gasteiger partial charge in [-0.05, 0) is 72.5 Å². The summed E-state index contributed by atoms with van der Waals surface area (Å²) in [6.45, 7) is -0.561. The lowest BCUT2D eigenvalue weighted by atomic mass is 10.0. The van der Waals surface area contributed by atoms with Gasteiger partial charge in [0.05, 0.1) is 31.9 Å². The first-order valence-electron chi connectivity index (χ1n) is 16.3. The topological polar surface area (TPSA) is 114 Å². The van der Waals surface area contributed by atoms with E-state index in [-0.39, 0.29) is 41.2 Å². The number of sulfonamides is 1. The number of nitrogens with zero attached hydrogens (tertiary/aromatic N) is 2. The van der Waals surface area contributed by atoms with Gasteiger partial charge in [0.1, 0.15) is 29.8 Å². The highest BCUT2D eigenvalue weighted by molar-refractivity contribution is 7.92. The Morgan fingerprint density at radius 2 is 1.43 bits per heavy atom. The molecule has 1 atom stereocenters. The van der Waals surface area contributed by atoms with Gasteiger partial charge in [0, 0.05) is 19.0 Å². The smallest absolute Gasteiger partial charge is 0.264 e. The molecule has 4 aromatic rings. The minimum Gasteiger partial charge on any atom is -0.497 e. The second kappa shape index (κ2) is 16.4. The van der Waals surface area contributed by atoms with Crippen molar-refractivity contribution in [1.29, 1.82) is 0 Å². The number of benzene rings is 4. The second-order valence-corrected chi connectivity index (χ2v) is 13.8. The number of rotatable bonds is 15. The molecule has 0 bridgehead atoms. The average Bonchev–Trinajstić information content (AvgIpc) is 3.65. The van der Waals surface area contributed by atoms with Crippen LogP contribution >= 0.6 is 0 Å². The summed E-state index contributed by atoms with van der Waals surface area (Å²) in [7, 11) is 0.179. The molecule has 0 aliphatic heterocycles. The summed E-state index contributed by atoms with van der Waals surface area (Å²) in [6.07, 6.45) is 4.02. The van der Waals surface area contributed by atoms with Gasteiger partial charge in [0.25, 0.3) is 10.0 Å². The highest BCUT2D eigenvalue weighted by Gasteiger charge is 2.36. The molecule has 0 saturated heterocycles. The molecule has 0 heterocycles. The zero-order valence-corrected chi connectivity index (χ0v) is 28.9. The maximum absolute atomic E-state index is 14.8. The predicted molar refractivity (Wildman–Crippen MR) is 188 cm³/mol. The van der Waals surface area contributed by atoms with Crippen LogP contribution in [0.5, 0.6) is 17.2 Å². The van der Waals surface area contributed by atoms with E-state index in [1.54, 1.807) is 55.6 Å². The number of nitrogens with one attached hydrogen (secondary N) is 1. The summed E-state index contributed by atoms with van der Waals surface area (Å²) >= 11 is 0. The summed E-state index contributed by atoms with van der Waals surface area (Å²) in [5.41, 5.74) is 1.77. The molecule has 49 heavy (non-hydrogen) atoms. The minimum absolute atomic E-state index is 0.0140. The Bertz CT molecular complexity index is 1810. The van der Waals surface area contributed by atoms with Crippen LogP contribution in [0, 0.1) is 0 Å². The Labute approximate surface area is 288 Å². The van der Waals surface area contributed by atoms with E-state index in [0.717, 1.165) is 41.1 Å². The van der Waals surface area contributed by atoms with Crippen molar-refractivity contribution in [3.63, 3.8) is 0 Å². The minimum atomic E-state index is -4.32. The summed E-state index contributed by atoms with van der Waals surface area (Å²) in [4.78, 5) is 30.4. The largest absolute Gasteiger partial charge is 0.497 e. The fourth-order valence-electron chi connectivity index (χ4n) is 6.11. The van der Waals surface area contributed by atoms with Crippen molar-refractivity contribution in [1.82, 2.24) is 10.2 Å². The molecule has 1 aliphatic rings. The van der Waals surface area contributed by atoms with Crippen LogP contribution in [0.25, 0.3) is 0 Å². The van der Waals surface area contributed by atoms with Gasteiger partial charge < -0.3 is 24.4 Å². The van der Waals surface area contributed by atoms with Crippen molar-refractivity contribution in [2.45, 2.75) is 55.6 Å². The number of carbonyl (C=O) groups is 2. The fourth-order valence-corrected chi connectivity index (χ4v) is 7.54. The standard InChI is InChI=1S/C38H43N3O7S/c1-46-31-20-22-33(23-21-31)49(44,45)41(34-18-9-10-19-36(34)48-3)27-37(42)40(26-29-14-11-17-32(24-29)47-2)35(25-28-12-5-4-6-13-28)38(43)39-30-15-7-8-16-30/h4-6,9-14,17-24,30,35H,7-8,15-16,25-27H2,1-3H3,(H,39,43). The molecule has 10 nitrogen and oxygen atoms in total.